The van der Waals surface area contributed by atoms with Gasteiger partial charge in [0.15, 0.2) is 0 Å². The Balaban J connectivity index is 2.06. The summed E-state index contributed by atoms with van der Waals surface area (Å²) in [6.45, 7) is 0.814. The first-order valence-corrected chi connectivity index (χ1v) is 7.48. The van der Waals surface area contributed by atoms with Crippen molar-refractivity contribution in [2.75, 3.05) is 13.1 Å². The molecule has 104 valence electrons. The first-order chi connectivity index (χ1) is 8.99. The monoisotopic (exact) mass is 284 g/mol. The summed E-state index contributed by atoms with van der Waals surface area (Å²) in [6, 6.07) is 7.64. The average Bonchev–Trinajstić information content (AvgIpc) is 2.39. The molecule has 0 saturated carbocycles. The van der Waals surface area contributed by atoms with Crippen LogP contribution in [0.4, 0.5) is 0 Å². The van der Waals surface area contributed by atoms with E-state index in [1.165, 1.54) is 12.1 Å². The maximum atomic E-state index is 12.1. The van der Waals surface area contributed by atoms with Gasteiger partial charge in [-0.2, -0.15) is 0 Å². The van der Waals surface area contributed by atoms with Crippen molar-refractivity contribution in [1.29, 1.82) is 0 Å². The maximum absolute atomic E-state index is 12.1. The highest BCUT2D eigenvalue weighted by Crippen LogP contribution is 2.14. The highest BCUT2D eigenvalue weighted by molar-refractivity contribution is 7.89. The molecule has 19 heavy (non-hydrogen) atoms. The second-order valence-electron chi connectivity index (χ2n) is 4.56. The molecule has 3 N–H and O–H groups in total. The normalized spacial score (nSPS) is 24.0. The van der Waals surface area contributed by atoms with Gasteiger partial charge in [-0.05, 0) is 18.6 Å². The Hall–Kier alpha value is -1.44. The molecule has 0 aliphatic carbocycles. The van der Waals surface area contributed by atoms with Crippen LogP contribution in [0.3, 0.4) is 0 Å². The van der Waals surface area contributed by atoms with Crippen molar-refractivity contribution in [3.8, 4) is 0 Å². The number of hydrogen-bond acceptors (Lipinski definition) is 4. The zero-order valence-electron chi connectivity index (χ0n) is 10.2. The molecule has 1 aromatic rings. The topological polar surface area (TPSA) is 95.5 Å². The number of carbonyl (C=O) groups is 1. The summed E-state index contributed by atoms with van der Waals surface area (Å²) >= 11 is 0. The van der Waals surface area contributed by atoms with E-state index in [0.29, 0.717) is 19.5 Å². The number of aliphatic carboxylic acids is 1. The Morgan fingerprint density at radius 3 is 2.58 bits per heavy atom. The summed E-state index contributed by atoms with van der Waals surface area (Å²) < 4.78 is 26.7. The zero-order valence-corrected chi connectivity index (χ0v) is 11.1. The lowest BCUT2D eigenvalue weighted by molar-refractivity contribution is -0.142. The van der Waals surface area contributed by atoms with Crippen LogP contribution in [0.25, 0.3) is 0 Å². The number of hydrogen-bond donors (Lipinski definition) is 3. The summed E-state index contributed by atoms with van der Waals surface area (Å²) in [6.07, 6.45) is 0.300. The Bertz CT molecular complexity index is 544. The molecule has 1 heterocycles. The van der Waals surface area contributed by atoms with Gasteiger partial charge in [-0.15, -0.1) is 0 Å². The smallest absolute Gasteiger partial charge is 0.307 e. The molecule has 6 nitrogen and oxygen atoms in total. The molecule has 2 atom stereocenters. The summed E-state index contributed by atoms with van der Waals surface area (Å²) in [5.41, 5.74) is 0. The quantitative estimate of drug-likeness (QED) is 0.725. The van der Waals surface area contributed by atoms with E-state index < -0.39 is 28.0 Å². The molecule has 0 unspecified atom stereocenters. The molecule has 0 amide bonds. The standard InChI is InChI=1S/C12H16N2O4S/c15-12(16)9-6-10(8-13-7-9)14-19(17,18)11-4-2-1-3-5-11/h1-5,9-10,13-14H,6-8H2,(H,15,16)/t9-,10+/m0/s1. The number of rotatable bonds is 4. The molecule has 7 heteroatoms. The van der Waals surface area contributed by atoms with Crippen molar-refractivity contribution in [2.24, 2.45) is 5.92 Å². The predicted molar refractivity (Wildman–Crippen MR) is 69.2 cm³/mol. The lowest BCUT2D eigenvalue weighted by Crippen LogP contribution is -2.50. The molecule has 2 rings (SSSR count). The van der Waals surface area contributed by atoms with Gasteiger partial charge in [-0.25, -0.2) is 13.1 Å². The van der Waals surface area contributed by atoms with Crippen LogP contribution >= 0.6 is 0 Å². The SMILES string of the molecule is O=C(O)[C@@H]1CNC[C@H](NS(=O)(=O)c2ccccc2)C1. The molecule has 1 saturated heterocycles. The number of benzene rings is 1. The van der Waals surface area contributed by atoms with Gasteiger partial charge < -0.3 is 10.4 Å². The van der Waals surface area contributed by atoms with Gasteiger partial charge in [0.2, 0.25) is 10.0 Å². The molecule has 0 radical (unpaired) electrons. The molecular formula is C12H16N2O4S. The van der Waals surface area contributed by atoms with Crippen LogP contribution in [-0.2, 0) is 14.8 Å². The van der Waals surface area contributed by atoms with Crippen molar-refractivity contribution in [1.82, 2.24) is 10.0 Å². The van der Waals surface area contributed by atoms with E-state index in [9.17, 15) is 13.2 Å². The van der Waals surface area contributed by atoms with Crippen molar-refractivity contribution >= 4 is 16.0 Å². The number of nitrogens with one attached hydrogen (secondary N) is 2. The van der Waals surface area contributed by atoms with Gasteiger partial charge in [0.05, 0.1) is 10.8 Å². The lowest BCUT2D eigenvalue weighted by atomic mass is 9.97. The Morgan fingerprint density at radius 1 is 1.26 bits per heavy atom. The van der Waals surface area contributed by atoms with Crippen molar-refractivity contribution in [3.63, 3.8) is 0 Å². The lowest BCUT2D eigenvalue weighted by Gasteiger charge is -2.28. The fourth-order valence-corrected chi connectivity index (χ4v) is 3.38. The summed E-state index contributed by atoms with van der Waals surface area (Å²) in [5, 5.41) is 11.9. The van der Waals surface area contributed by atoms with Gasteiger partial charge in [0.25, 0.3) is 0 Å². The zero-order chi connectivity index (χ0) is 13.9. The van der Waals surface area contributed by atoms with Crippen LogP contribution in [0.2, 0.25) is 0 Å². The second kappa shape index (κ2) is 5.68. The van der Waals surface area contributed by atoms with Gasteiger partial charge in [0, 0.05) is 19.1 Å². The minimum absolute atomic E-state index is 0.187. The average molecular weight is 284 g/mol. The molecule has 0 spiro atoms. The highest BCUT2D eigenvalue weighted by atomic mass is 32.2. The fourth-order valence-electron chi connectivity index (χ4n) is 2.11. The van der Waals surface area contributed by atoms with Crippen molar-refractivity contribution in [3.05, 3.63) is 30.3 Å². The number of sulfonamides is 1. The first-order valence-electron chi connectivity index (χ1n) is 6.00. The third kappa shape index (κ3) is 3.52. The molecular weight excluding hydrogens is 268 g/mol. The minimum Gasteiger partial charge on any atom is -0.481 e. The number of carboxylic acids is 1. The van der Waals surface area contributed by atoms with E-state index in [1.807, 2.05) is 0 Å². The second-order valence-corrected chi connectivity index (χ2v) is 6.27. The summed E-state index contributed by atoms with van der Waals surface area (Å²) in [7, 11) is -3.59. The van der Waals surface area contributed by atoms with Gasteiger partial charge in [-0.1, -0.05) is 18.2 Å². The van der Waals surface area contributed by atoms with E-state index in [1.54, 1.807) is 18.2 Å². The van der Waals surface area contributed by atoms with E-state index in [0.717, 1.165) is 0 Å². The molecule has 1 aromatic carbocycles. The van der Waals surface area contributed by atoms with Gasteiger partial charge in [0.1, 0.15) is 0 Å². The molecule has 1 aliphatic rings. The van der Waals surface area contributed by atoms with Crippen LogP contribution in [0.5, 0.6) is 0 Å². The van der Waals surface area contributed by atoms with Crippen molar-refractivity contribution in [2.45, 2.75) is 17.4 Å². The Kier molecular flexibility index (Phi) is 4.18. The van der Waals surface area contributed by atoms with Gasteiger partial charge >= 0.3 is 5.97 Å². The van der Waals surface area contributed by atoms with Crippen LogP contribution in [0.1, 0.15) is 6.42 Å². The molecule has 1 aliphatic heterocycles. The Labute approximate surface area is 111 Å². The van der Waals surface area contributed by atoms with Crippen LogP contribution < -0.4 is 10.0 Å². The molecule has 1 fully saturated rings. The number of carboxylic acid groups (broad SMARTS) is 1. The first kappa shape index (κ1) is 14.0. The molecule has 0 aromatic heterocycles. The van der Waals surface area contributed by atoms with E-state index in [4.69, 9.17) is 5.11 Å². The predicted octanol–water partition coefficient (Wildman–Crippen LogP) is 0.0276. The Morgan fingerprint density at radius 2 is 1.95 bits per heavy atom. The summed E-state index contributed by atoms with van der Waals surface area (Å²) in [5.74, 6) is -1.46. The van der Waals surface area contributed by atoms with E-state index >= 15 is 0 Å². The summed E-state index contributed by atoms with van der Waals surface area (Å²) in [4.78, 5) is 11.1. The molecule has 0 bridgehead atoms. The maximum Gasteiger partial charge on any atom is 0.307 e. The number of piperidine rings is 1. The van der Waals surface area contributed by atoms with Crippen LogP contribution in [0, 0.1) is 5.92 Å². The fraction of sp³-hybridized carbons (Fsp3) is 0.417. The van der Waals surface area contributed by atoms with E-state index in [2.05, 4.69) is 10.0 Å². The van der Waals surface area contributed by atoms with E-state index in [-0.39, 0.29) is 4.90 Å². The van der Waals surface area contributed by atoms with Crippen LogP contribution in [-0.4, -0.2) is 38.6 Å². The largest absolute Gasteiger partial charge is 0.481 e. The van der Waals surface area contributed by atoms with Crippen LogP contribution in [0.15, 0.2) is 35.2 Å². The van der Waals surface area contributed by atoms with Crippen molar-refractivity contribution < 1.29 is 18.3 Å². The third-order valence-corrected chi connectivity index (χ3v) is 4.61. The minimum atomic E-state index is -3.59. The highest BCUT2D eigenvalue weighted by Gasteiger charge is 2.29. The van der Waals surface area contributed by atoms with Gasteiger partial charge in [-0.3, -0.25) is 4.79 Å². The third-order valence-electron chi connectivity index (χ3n) is 3.08.